The van der Waals surface area contributed by atoms with Crippen molar-refractivity contribution in [3.63, 3.8) is 0 Å². The Morgan fingerprint density at radius 2 is 0.350 bits per heavy atom. The van der Waals surface area contributed by atoms with Crippen LogP contribution in [0.5, 0.6) is 0 Å². The van der Waals surface area contributed by atoms with Gasteiger partial charge in [-0.25, -0.2) is 0 Å². The quantitative estimate of drug-likeness (QED) is 0.122. The maximum absolute atomic E-state index is 3.21. The molecule has 0 unspecified atom stereocenters. The molecule has 0 fully saturated rings. The van der Waals surface area contributed by atoms with Gasteiger partial charge in [0.05, 0.1) is 0 Å². The predicted molar refractivity (Wildman–Crippen MR) is 158 cm³/mol. The standard InChI is InChI=1S/4C9H11.4Ag/c4*1-7-4-8(2)6-9(3)5-7;;;;/h4*4-5H,1-3H3;;;;/q4*-1;4*+1. The normalized spacial score (nSPS) is 8.70. The fourth-order valence-corrected chi connectivity index (χ4v) is 4.43. The molecule has 0 spiro atoms. The van der Waals surface area contributed by atoms with E-state index >= 15 is 0 Å². The first kappa shape index (κ1) is 46.8. The van der Waals surface area contributed by atoms with E-state index in [1.54, 1.807) is 0 Å². The Hall–Kier alpha value is -0.159. The molecule has 4 rings (SSSR count). The van der Waals surface area contributed by atoms with Crippen LogP contribution >= 0.6 is 0 Å². The third-order valence-electron chi connectivity index (χ3n) is 5.13. The van der Waals surface area contributed by atoms with E-state index in [-0.39, 0.29) is 89.5 Å². The molecule has 0 nitrogen and oxygen atoms in total. The van der Waals surface area contributed by atoms with Gasteiger partial charge in [0.2, 0.25) is 0 Å². The van der Waals surface area contributed by atoms with Gasteiger partial charge in [-0.1, -0.05) is 83.1 Å². The van der Waals surface area contributed by atoms with Crippen LogP contribution < -0.4 is 0 Å². The number of benzene rings is 4. The molecule has 0 radical (unpaired) electrons. The molecule has 0 heterocycles. The second kappa shape index (κ2) is 24.3. The van der Waals surface area contributed by atoms with Crippen molar-refractivity contribution in [1.82, 2.24) is 0 Å². The molecule has 0 N–H and O–H groups in total. The molecular weight excluding hydrogens is 864 g/mol. The van der Waals surface area contributed by atoms with Crippen molar-refractivity contribution in [2.75, 3.05) is 0 Å². The monoisotopic (exact) mass is 904 g/mol. The first-order valence-electron chi connectivity index (χ1n) is 12.6. The summed E-state index contributed by atoms with van der Waals surface area (Å²) in [5.74, 6) is 0. The average Bonchev–Trinajstić information content (AvgIpc) is 2.64. The molecule has 0 bridgehead atoms. The van der Waals surface area contributed by atoms with Gasteiger partial charge < -0.3 is 0 Å². The Morgan fingerprint density at radius 1 is 0.250 bits per heavy atom. The largest absolute Gasteiger partial charge is 1.00 e. The Balaban J connectivity index is -0.000000209. The second-order valence-electron chi connectivity index (χ2n) is 10.1. The molecule has 4 heteroatoms. The molecule has 40 heavy (non-hydrogen) atoms. The van der Waals surface area contributed by atoms with Gasteiger partial charge in [0.25, 0.3) is 0 Å². The Bertz CT molecular complexity index is 860. The summed E-state index contributed by atoms with van der Waals surface area (Å²) in [6.45, 7) is 25.0. The SMILES string of the molecule is Cc1[c-]c(C)cc(C)c1.Cc1[c-]c(C)cc(C)c1.Cc1[c-]c(C)cc(C)c1.Cc1[c-]c(C)cc(C)c1.[Ag+].[Ag+].[Ag+].[Ag+]. The number of aryl methyl sites for hydroxylation is 12. The third-order valence-corrected chi connectivity index (χ3v) is 5.13. The summed E-state index contributed by atoms with van der Waals surface area (Å²) in [5, 5.41) is 0. The zero-order valence-electron chi connectivity index (χ0n) is 25.8. The van der Waals surface area contributed by atoms with Crippen LogP contribution in [0.25, 0.3) is 0 Å². The number of hydrogen-bond donors (Lipinski definition) is 0. The summed E-state index contributed by atoms with van der Waals surface area (Å²) < 4.78 is 0. The Kier molecular flexibility index (Phi) is 28.4. The van der Waals surface area contributed by atoms with Gasteiger partial charge in [0.1, 0.15) is 0 Å². The van der Waals surface area contributed by atoms with Gasteiger partial charge in [-0.15, -0.1) is 0 Å². The fourth-order valence-electron chi connectivity index (χ4n) is 4.43. The zero-order valence-corrected chi connectivity index (χ0v) is 31.8. The maximum Gasteiger partial charge on any atom is 1.00 e. The van der Waals surface area contributed by atoms with E-state index in [1.165, 1.54) is 66.8 Å². The molecule has 4 aromatic carbocycles. The molecule has 4 aromatic rings. The van der Waals surface area contributed by atoms with Gasteiger partial charge in [-0.2, -0.15) is 140 Å². The van der Waals surface area contributed by atoms with Crippen LogP contribution in [0.4, 0.5) is 0 Å². The van der Waals surface area contributed by atoms with Crippen LogP contribution in [-0.4, -0.2) is 0 Å². The summed E-state index contributed by atoms with van der Waals surface area (Å²) in [5.41, 5.74) is 15.1. The van der Waals surface area contributed by atoms with Gasteiger partial charge in [-0.3, -0.25) is 0 Å². The molecule has 0 aliphatic carbocycles. The maximum atomic E-state index is 3.21. The smallest absolute Gasteiger partial charge is 0.177 e. The molecule has 232 valence electrons. The Labute approximate surface area is 309 Å². The minimum atomic E-state index is 0. The topological polar surface area (TPSA) is 0 Å². The molecule has 0 atom stereocenters. The van der Waals surface area contributed by atoms with Gasteiger partial charge >= 0.3 is 89.5 Å². The first-order valence-corrected chi connectivity index (χ1v) is 12.6. The van der Waals surface area contributed by atoms with Crippen LogP contribution in [0.2, 0.25) is 0 Å². The molecule has 0 saturated carbocycles. The first-order chi connectivity index (χ1) is 16.7. The van der Waals surface area contributed by atoms with E-state index in [2.05, 4.69) is 156 Å². The summed E-state index contributed by atoms with van der Waals surface area (Å²) in [6.07, 6.45) is 0. The molecular formula is C36H44Ag4. The van der Waals surface area contributed by atoms with Gasteiger partial charge in [-0.05, 0) is 0 Å². The van der Waals surface area contributed by atoms with Crippen LogP contribution in [0.1, 0.15) is 66.8 Å². The third kappa shape index (κ3) is 22.4. The summed E-state index contributed by atoms with van der Waals surface area (Å²) in [6, 6.07) is 29.9. The Morgan fingerprint density at radius 3 is 0.425 bits per heavy atom. The summed E-state index contributed by atoms with van der Waals surface area (Å²) >= 11 is 0. The van der Waals surface area contributed by atoms with Crippen molar-refractivity contribution in [3.05, 3.63) is 140 Å². The van der Waals surface area contributed by atoms with E-state index in [9.17, 15) is 0 Å². The summed E-state index contributed by atoms with van der Waals surface area (Å²) in [4.78, 5) is 0. The number of rotatable bonds is 0. The van der Waals surface area contributed by atoms with E-state index < -0.39 is 0 Å². The molecule has 0 saturated heterocycles. The fraction of sp³-hybridized carbons (Fsp3) is 0.333. The van der Waals surface area contributed by atoms with Crippen molar-refractivity contribution in [2.45, 2.75) is 83.1 Å². The van der Waals surface area contributed by atoms with Crippen molar-refractivity contribution < 1.29 is 89.5 Å². The van der Waals surface area contributed by atoms with E-state index in [4.69, 9.17) is 0 Å². The minimum absolute atomic E-state index is 0. The molecule has 0 aliphatic rings. The molecule has 0 aromatic heterocycles. The predicted octanol–water partition coefficient (Wildman–Crippen LogP) is 9.64. The van der Waals surface area contributed by atoms with Crippen molar-refractivity contribution in [1.29, 1.82) is 0 Å². The van der Waals surface area contributed by atoms with Crippen molar-refractivity contribution >= 4 is 0 Å². The van der Waals surface area contributed by atoms with Crippen LogP contribution in [-0.2, 0) is 89.5 Å². The van der Waals surface area contributed by atoms with Crippen molar-refractivity contribution in [2.24, 2.45) is 0 Å². The van der Waals surface area contributed by atoms with Gasteiger partial charge in [0, 0.05) is 0 Å². The van der Waals surface area contributed by atoms with E-state index in [1.807, 2.05) is 0 Å². The number of hydrogen-bond acceptors (Lipinski definition) is 0. The minimum Gasteiger partial charge on any atom is -0.177 e. The van der Waals surface area contributed by atoms with Crippen LogP contribution in [0.3, 0.4) is 0 Å². The van der Waals surface area contributed by atoms with Crippen molar-refractivity contribution in [3.8, 4) is 0 Å². The summed E-state index contributed by atoms with van der Waals surface area (Å²) in [7, 11) is 0. The zero-order chi connectivity index (χ0) is 27.4. The average molecular weight is 908 g/mol. The van der Waals surface area contributed by atoms with Crippen LogP contribution in [0.15, 0.2) is 48.5 Å². The molecule has 0 amide bonds. The van der Waals surface area contributed by atoms with Crippen LogP contribution in [0, 0.1) is 107 Å². The van der Waals surface area contributed by atoms with Gasteiger partial charge in [0.15, 0.2) is 0 Å². The van der Waals surface area contributed by atoms with E-state index in [0.717, 1.165) is 0 Å². The molecule has 0 aliphatic heterocycles. The van der Waals surface area contributed by atoms with E-state index in [0.29, 0.717) is 0 Å². The second-order valence-corrected chi connectivity index (χ2v) is 10.1.